The molecule has 0 atom stereocenters. The minimum atomic E-state index is -0.607. The fraction of sp³-hybridized carbons (Fsp3) is 0.556. The monoisotopic (exact) mass is 334 g/mol. The summed E-state index contributed by atoms with van der Waals surface area (Å²) in [5.74, 6) is -0.233. The molecule has 3 N–H and O–H groups in total. The van der Waals surface area contributed by atoms with Gasteiger partial charge in [0.1, 0.15) is 5.60 Å². The lowest BCUT2D eigenvalue weighted by atomic mass is 9.93. The van der Waals surface area contributed by atoms with Crippen LogP contribution in [-0.2, 0) is 4.74 Å². The third kappa shape index (κ3) is 5.53. The van der Waals surface area contributed by atoms with Gasteiger partial charge >= 0.3 is 6.09 Å². The fourth-order valence-corrected chi connectivity index (χ4v) is 2.69. The Kier molecular flexibility index (Phi) is 5.83. The van der Waals surface area contributed by atoms with Crippen molar-refractivity contribution >= 4 is 17.7 Å². The van der Waals surface area contributed by atoms with E-state index in [9.17, 15) is 14.7 Å². The molecule has 0 spiro atoms. The van der Waals surface area contributed by atoms with Crippen molar-refractivity contribution in [2.45, 2.75) is 64.2 Å². The largest absolute Gasteiger partial charge is 0.444 e. The van der Waals surface area contributed by atoms with E-state index in [1.165, 1.54) is 0 Å². The van der Waals surface area contributed by atoms with Crippen molar-refractivity contribution in [1.29, 1.82) is 0 Å². The van der Waals surface area contributed by atoms with Gasteiger partial charge in [-0.15, -0.1) is 0 Å². The molecule has 1 fully saturated rings. The minimum Gasteiger partial charge on any atom is -0.444 e. The Bertz CT molecular complexity index is 587. The van der Waals surface area contributed by atoms with Gasteiger partial charge in [0, 0.05) is 6.04 Å². The standard InChI is InChI=1S/C18H26N2O4/c1-18(2,3)24-17(23)20-15-7-5-4-6-14(15)16(22)19-12-8-10-13(21)11-9-12/h4-7,12-13,21H,8-11H2,1-3H3,(H,19,22)(H,20,23). The molecule has 6 nitrogen and oxygen atoms in total. The van der Waals surface area contributed by atoms with Crippen LogP contribution in [0.2, 0.25) is 0 Å². The molecule has 1 aliphatic carbocycles. The van der Waals surface area contributed by atoms with E-state index in [1.54, 1.807) is 45.0 Å². The summed E-state index contributed by atoms with van der Waals surface area (Å²) < 4.78 is 5.23. The normalized spacial score (nSPS) is 21.0. The first kappa shape index (κ1) is 18.3. The lowest BCUT2D eigenvalue weighted by Gasteiger charge is -2.26. The van der Waals surface area contributed by atoms with E-state index in [2.05, 4.69) is 10.6 Å². The zero-order chi connectivity index (χ0) is 17.7. The zero-order valence-electron chi connectivity index (χ0n) is 14.5. The molecular formula is C18H26N2O4. The van der Waals surface area contributed by atoms with Gasteiger partial charge < -0.3 is 15.2 Å². The smallest absolute Gasteiger partial charge is 0.412 e. The molecule has 0 saturated heterocycles. The molecule has 132 valence electrons. The number of carbonyl (C=O) groups is 2. The average molecular weight is 334 g/mol. The van der Waals surface area contributed by atoms with Crippen LogP contribution in [-0.4, -0.2) is 34.9 Å². The summed E-state index contributed by atoms with van der Waals surface area (Å²) in [6, 6.07) is 6.89. The minimum absolute atomic E-state index is 0.0514. The van der Waals surface area contributed by atoms with Crippen molar-refractivity contribution in [3.05, 3.63) is 29.8 Å². The first-order chi connectivity index (χ1) is 11.2. The summed E-state index contributed by atoms with van der Waals surface area (Å²) in [4.78, 5) is 24.5. The van der Waals surface area contributed by atoms with Crippen molar-refractivity contribution in [2.75, 3.05) is 5.32 Å². The van der Waals surface area contributed by atoms with Crippen LogP contribution in [0.1, 0.15) is 56.8 Å². The topological polar surface area (TPSA) is 87.7 Å². The molecule has 0 bridgehead atoms. The molecule has 0 aliphatic heterocycles. The third-order valence-electron chi connectivity index (χ3n) is 3.84. The first-order valence-electron chi connectivity index (χ1n) is 8.32. The van der Waals surface area contributed by atoms with Crippen LogP contribution in [0, 0.1) is 0 Å². The molecule has 6 heteroatoms. The van der Waals surface area contributed by atoms with Crippen LogP contribution < -0.4 is 10.6 Å². The molecular weight excluding hydrogens is 308 g/mol. The molecule has 0 unspecified atom stereocenters. The van der Waals surface area contributed by atoms with Gasteiger partial charge in [0.05, 0.1) is 17.4 Å². The highest BCUT2D eigenvalue weighted by Gasteiger charge is 2.23. The van der Waals surface area contributed by atoms with Gasteiger partial charge in [-0.1, -0.05) is 12.1 Å². The number of anilines is 1. The number of hydrogen-bond donors (Lipinski definition) is 3. The van der Waals surface area contributed by atoms with E-state index >= 15 is 0 Å². The predicted molar refractivity (Wildman–Crippen MR) is 92.0 cm³/mol. The van der Waals surface area contributed by atoms with E-state index in [1.807, 2.05) is 0 Å². The molecule has 0 aromatic heterocycles. The number of amides is 2. The number of rotatable bonds is 3. The number of hydrogen-bond acceptors (Lipinski definition) is 4. The van der Waals surface area contributed by atoms with Crippen molar-refractivity contribution < 1.29 is 19.4 Å². The third-order valence-corrected chi connectivity index (χ3v) is 3.84. The number of para-hydroxylation sites is 1. The van der Waals surface area contributed by atoms with Crippen molar-refractivity contribution in [1.82, 2.24) is 5.32 Å². The Hall–Kier alpha value is -2.08. The number of aliphatic hydroxyl groups excluding tert-OH is 1. The van der Waals surface area contributed by atoms with E-state index in [4.69, 9.17) is 4.74 Å². The molecule has 0 heterocycles. The number of nitrogens with one attached hydrogen (secondary N) is 2. The Morgan fingerprint density at radius 2 is 1.75 bits per heavy atom. The van der Waals surface area contributed by atoms with Gasteiger partial charge in [0.2, 0.25) is 0 Å². The van der Waals surface area contributed by atoms with Gasteiger partial charge in [0.15, 0.2) is 0 Å². The maximum Gasteiger partial charge on any atom is 0.412 e. The fourth-order valence-electron chi connectivity index (χ4n) is 2.69. The maximum absolute atomic E-state index is 12.5. The highest BCUT2D eigenvalue weighted by atomic mass is 16.6. The van der Waals surface area contributed by atoms with Gasteiger partial charge in [-0.2, -0.15) is 0 Å². The molecule has 0 radical (unpaired) electrons. The summed E-state index contributed by atoms with van der Waals surface area (Å²) in [7, 11) is 0. The van der Waals surface area contributed by atoms with Gasteiger partial charge in [-0.25, -0.2) is 4.79 Å². The van der Waals surface area contributed by atoms with E-state index in [0.29, 0.717) is 24.1 Å². The van der Waals surface area contributed by atoms with Crippen LogP contribution in [0.15, 0.2) is 24.3 Å². The molecule has 2 rings (SSSR count). The summed E-state index contributed by atoms with van der Waals surface area (Å²) in [5.41, 5.74) is 0.207. The number of aliphatic hydroxyl groups is 1. The number of carbonyl (C=O) groups excluding carboxylic acids is 2. The first-order valence-corrected chi connectivity index (χ1v) is 8.32. The van der Waals surface area contributed by atoms with Crippen LogP contribution in [0.5, 0.6) is 0 Å². The molecule has 1 aromatic rings. The number of ether oxygens (including phenoxy) is 1. The molecule has 1 saturated carbocycles. The van der Waals surface area contributed by atoms with Gasteiger partial charge in [-0.3, -0.25) is 10.1 Å². The SMILES string of the molecule is CC(C)(C)OC(=O)Nc1ccccc1C(=O)NC1CCC(O)CC1. The summed E-state index contributed by atoms with van der Waals surface area (Å²) in [5, 5.41) is 15.1. The van der Waals surface area contributed by atoms with Crippen LogP contribution >= 0.6 is 0 Å². The number of benzene rings is 1. The van der Waals surface area contributed by atoms with E-state index < -0.39 is 11.7 Å². The molecule has 1 aromatic carbocycles. The second-order valence-corrected chi connectivity index (χ2v) is 7.15. The van der Waals surface area contributed by atoms with Crippen LogP contribution in [0.25, 0.3) is 0 Å². The van der Waals surface area contributed by atoms with E-state index in [-0.39, 0.29) is 18.1 Å². The Labute approximate surface area is 142 Å². The Balaban J connectivity index is 2.02. The lowest BCUT2D eigenvalue weighted by Crippen LogP contribution is -2.39. The average Bonchev–Trinajstić information content (AvgIpc) is 2.48. The summed E-state index contributed by atoms with van der Waals surface area (Å²) in [6.07, 6.45) is 2.05. The quantitative estimate of drug-likeness (QED) is 0.793. The van der Waals surface area contributed by atoms with Gasteiger partial charge in [-0.05, 0) is 58.6 Å². The van der Waals surface area contributed by atoms with Crippen molar-refractivity contribution in [2.24, 2.45) is 0 Å². The van der Waals surface area contributed by atoms with Crippen molar-refractivity contribution in [3.63, 3.8) is 0 Å². The highest BCUT2D eigenvalue weighted by molar-refractivity contribution is 6.02. The second-order valence-electron chi connectivity index (χ2n) is 7.15. The molecule has 24 heavy (non-hydrogen) atoms. The molecule has 1 aliphatic rings. The van der Waals surface area contributed by atoms with Gasteiger partial charge in [0.25, 0.3) is 5.91 Å². The zero-order valence-corrected chi connectivity index (χ0v) is 14.5. The summed E-state index contributed by atoms with van der Waals surface area (Å²) in [6.45, 7) is 5.34. The Morgan fingerprint density at radius 3 is 2.38 bits per heavy atom. The predicted octanol–water partition coefficient (Wildman–Crippen LogP) is 3.07. The van der Waals surface area contributed by atoms with E-state index in [0.717, 1.165) is 12.8 Å². The Morgan fingerprint density at radius 1 is 1.12 bits per heavy atom. The highest BCUT2D eigenvalue weighted by Crippen LogP contribution is 2.21. The van der Waals surface area contributed by atoms with Crippen molar-refractivity contribution in [3.8, 4) is 0 Å². The maximum atomic E-state index is 12.5. The van der Waals surface area contributed by atoms with Crippen LogP contribution in [0.3, 0.4) is 0 Å². The molecule has 2 amide bonds. The lowest BCUT2D eigenvalue weighted by molar-refractivity contribution is 0.0636. The van der Waals surface area contributed by atoms with Crippen LogP contribution in [0.4, 0.5) is 10.5 Å². The second kappa shape index (κ2) is 7.66. The summed E-state index contributed by atoms with van der Waals surface area (Å²) >= 11 is 0.